The van der Waals surface area contributed by atoms with Gasteiger partial charge in [0.1, 0.15) is 0 Å². The molecule has 3 N–H and O–H groups in total. The molecular formula is C9H14O4. The Morgan fingerprint density at radius 1 is 1.00 bits per heavy atom. The zero-order valence-electron chi connectivity index (χ0n) is 7.90. The van der Waals surface area contributed by atoms with Crippen LogP contribution in [0.25, 0.3) is 0 Å². The number of phenols is 3. The molecule has 0 saturated heterocycles. The van der Waals surface area contributed by atoms with Crippen molar-refractivity contribution in [1.82, 2.24) is 0 Å². The molecule has 13 heavy (non-hydrogen) atoms. The molecule has 0 aliphatic heterocycles. The van der Waals surface area contributed by atoms with Crippen molar-refractivity contribution in [1.29, 1.82) is 0 Å². The van der Waals surface area contributed by atoms with Gasteiger partial charge in [0.15, 0.2) is 17.2 Å². The van der Waals surface area contributed by atoms with Gasteiger partial charge >= 0.3 is 0 Å². The number of aryl methyl sites for hydroxylation is 1. The van der Waals surface area contributed by atoms with Gasteiger partial charge in [-0.15, -0.1) is 0 Å². The third kappa shape index (κ3) is 3.66. The maximum atomic E-state index is 8.87. The van der Waals surface area contributed by atoms with Crippen molar-refractivity contribution in [3.8, 4) is 17.2 Å². The van der Waals surface area contributed by atoms with Crippen LogP contribution in [0.2, 0.25) is 0 Å². The topological polar surface area (TPSA) is 69.9 Å². The highest BCUT2D eigenvalue weighted by Gasteiger charge is 2.04. The first-order chi connectivity index (χ1) is 6.02. The summed E-state index contributed by atoms with van der Waals surface area (Å²) >= 11 is 0. The standard InChI is InChI=1S/C7H8O3.C2H6O/c1-4-2-5(8)7(10)6(9)3-4;1-3-2/h2-3,8-10H,1H3;1-2H3. The molecule has 1 aromatic rings. The van der Waals surface area contributed by atoms with Crippen molar-refractivity contribution in [2.45, 2.75) is 6.92 Å². The van der Waals surface area contributed by atoms with E-state index in [-0.39, 0.29) is 11.5 Å². The molecule has 0 aromatic heterocycles. The van der Waals surface area contributed by atoms with Crippen molar-refractivity contribution < 1.29 is 20.1 Å². The first kappa shape index (κ1) is 11.6. The molecule has 0 unspecified atom stereocenters. The van der Waals surface area contributed by atoms with Gasteiger partial charge in [-0.1, -0.05) is 0 Å². The average molecular weight is 186 g/mol. The quantitative estimate of drug-likeness (QED) is 0.535. The van der Waals surface area contributed by atoms with E-state index < -0.39 is 5.75 Å². The van der Waals surface area contributed by atoms with Gasteiger partial charge in [-0.3, -0.25) is 0 Å². The van der Waals surface area contributed by atoms with E-state index in [4.69, 9.17) is 15.3 Å². The Bertz CT molecular complexity index is 247. The number of aromatic hydroxyl groups is 3. The van der Waals surface area contributed by atoms with Gasteiger partial charge in [0, 0.05) is 14.2 Å². The Hall–Kier alpha value is -1.42. The number of methoxy groups -OCH3 is 1. The molecule has 0 atom stereocenters. The van der Waals surface area contributed by atoms with Crippen LogP contribution < -0.4 is 0 Å². The van der Waals surface area contributed by atoms with Gasteiger partial charge in [-0.05, 0) is 24.6 Å². The molecular weight excluding hydrogens is 172 g/mol. The van der Waals surface area contributed by atoms with E-state index in [1.54, 1.807) is 21.1 Å². The number of phenolic OH excluding ortho intramolecular Hbond substituents is 3. The molecule has 0 saturated carbocycles. The third-order valence-electron chi connectivity index (χ3n) is 1.21. The Balaban J connectivity index is 0.000000424. The van der Waals surface area contributed by atoms with Crippen molar-refractivity contribution in [3.05, 3.63) is 17.7 Å². The van der Waals surface area contributed by atoms with Crippen LogP contribution in [-0.2, 0) is 4.74 Å². The molecule has 0 spiro atoms. The number of ether oxygens (including phenoxy) is 1. The molecule has 1 aromatic carbocycles. The normalized spacial score (nSPS) is 8.85. The zero-order chi connectivity index (χ0) is 10.4. The minimum Gasteiger partial charge on any atom is -0.504 e. The van der Waals surface area contributed by atoms with Gasteiger partial charge in [0.25, 0.3) is 0 Å². The molecule has 4 heteroatoms. The third-order valence-corrected chi connectivity index (χ3v) is 1.21. The van der Waals surface area contributed by atoms with Gasteiger partial charge in [-0.25, -0.2) is 0 Å². The lowest BCUT2D eigenvalue weighted by Crippen LogP contribution is -1.74. The highest BCUT2D eigenvalue weighted by molar-refractivity contribution is 5.50. The Kier molecular flexibility index (Phi) is 4.69. The van der Waals surface area contributed by atoms with Crippen LogP contribution in [0.4, 0.5) is 0 Å². The van der Waals surface area contributed by atoms with E-state index in [2.05, 4.69) is 4.74 Å². The molecule has 0 fully saturated rings. The van der Waals surface area contributed by atoms with Crippen LogP contribution in [0.5, 0.6) is 17.2 Å². The second-order valence-corrected chi connectivity index (χ2v) is 2.56. The molecule has 4 nitrogen and oxygen atoms in total. The summed E-state index contributed by atoms with van der Waals surface area (Å²) in [5.41, 5.74) is 0.702. The van der Waals surface area contributed by atoms with Crippen LogP contribution in [0.1, 0.15) is 5.56 Å². The minimum absolute atomic E-state index is 0.294. The monoisotopic (exact) mass is 186 g/mol. The first-order valence-electron chi connectivity index (χ1n) is 3.64. The van der Waals surface area contributed by atoms with Gasteiger partial charge in [-0.2, -0.15) is 0 Å². The Morgan fingerprint density at radius 3 is 1.62 bits per heavy atom. The molecule has 1 rings (SSSR count). The summed E-state index contributed by atoms with van der Waals surface area (Å²) in [5, 5.41) is 26.6. The van der Waals surface area contributed by atoms with Crippen LogP contribution in [0, 0.1) is 6.92 Å². The maximum absolute atomic E-state index is 8.87. The Labute approximate surface area is 77.0 Å². The zero-order valence-corrected chi connectivity index (χ0v) is 7.90. The van der Waals surface area contributed by atoms with Gasteiger partial charge in [0.05, 0.1) is 0 Å². The van der Waals surface area contributed by atoms with Crippen molar-refractivity contribution in [2.24, 2.45) is 0 Å². The maximum Gasteiger partial charge on any atom is 0.200 e. The molecule has 0 heterocycles. The van der Waals surface area contributed by atoms with Crippen LogP contribution >= 0.6 is 0 Å². The van der Waals surface area contributed by atoms with E-state index in [0.29, 0.717) is 5.56 Å². The highest BCUT2D eigenvalue weighted by atomic mass is 16.4. The van der Waals surface area contributed by atoms with Crippen LogP contribution in [-0.4, -0.2) is 29.5 Å². The predicted molar refractivity (Wildman–Crippen MR) is 49.1 cm³/mol. The first-order valence-corrected chi connectivity index (χ1v) is 3.64. The summed E-state index contributed by atoms with van der Waals surface area (Å²) in [6.45, 7) is 1.71. The fourth-order valence-corrected chi connectivity index (χ4v) is 0.741. The van der Waals surface area contributed by atoms with Crippen LogP contribution in [0.3, 0.4) is 0 Å². The van der Waals surface area contributed by atoms with Crippen molar-refractivity contribution >= 4 is 0 Å². The summed E-state index contributed by atoms with van der Waals surface area (Å²) < 4.78 is 4.25. The number of benzene rings is 1. The average Bonchev–Trinajstić information content (AvgIpc) is 2.01. The lowest BCUT2D eigenvalue weighted by atomic mass is 10.2. The second-order valence-electron chi connectivity index (χ2n) is 2.56. The highest BCUT2D eigenvalue weighted by Crippen LogP contribution is 2.34. The second kappa shape index (κ2) is 5.27. The fourth-order valence-electron chi connectivity index (χ4n) is 0.741. The van der Waals surface area contributed by atoms with E-state index in [1.165, 1.54) is 12.1 Å². The molecule has 0 aliphatic rings. The minimum atomic E-state index is -0.467. The predicted octanol–water partition coefficient (Wildman–Crippen LogP) is 1.37. The summed E-state index contributed by atoms with van der Waals surface area (Å²) in [6, 6.07) is 2.74. The van der Waals surface area contributed by atoms with E-state index in [1.807, 2.05) is 0 Å². The number of rotatable bonds is 0. The number of hydrogen-bond acceptors (Lipinski definition) is 4. The van der Waals surface area contributed by atoms with E-state index >= 15 is 0 Å². The molecule has 0 aliphatic carbocycles. The van der Waals surface area contributed by atoms with Crippen LogP contribution in [0.15, 0.2) is 12.1 Å². The lowest BCUT2D eigenvalue weighted by Gasteiger charge is -2.00. The summed E-state index contributed by atoms with van der Waals surface area (Å²) in [6.07, 6.45) is 0. The van der Waals surface area contributed by atoms with Crippen molar-refractivity contribution in [2.75, 3.05) is 14.2 Å². The summed E-state index contributed by atoms with van der Waals surface area (Å²) in [4.78, 5) is 0. The molecule has 0 radical (unpaired) electrons. The van der Waals surface area contributed by atoms with E-state index in [9.17, 15) is 0 Å². The largest absolute Gasteiger partial charge is 0.504 e. The number of hydrogen-bond donors (Lipinski definition) is 3. The lowest BCUT2D eigenvalue weighted by molar-refractivity contribution is 0.277. The van der Waals surface area contributed by atoms with Crippen molar-refractivity contribution in [3.63, 3.8) is 0 Å². The SMILES string of the molecule is COC.Cc1cc(O)c(O)c(O)c1. The van der Waals surface area contributed by atoms with Gasteiger partial charge < -0.3 is 20.1 Å². The Morgan fingerprint density at radius 2 is 1.31 bits per heavy atom. The molecule has 0 amide bonds. The molecule has 0 bridgehead atoms. The summed E-state index contributed by atoms with van der Waals surface area (Å²) in [5.74, 6) is -1.05. The van der Waals surface area contributed by atoms with Gasteiger partial charge in [0.2, 0.25) is 0 Å². The smallest absolute Gasteiger partial charge is 0.200 e. The summed E-state index contributed by atoms with van der Waals surface area (Å²) in [7, 11) is 3.25. The van der Waals surface area contributed by atoms with E-state index in [0.717, 1.165) is 0 Å². The molecule has 74 valence electrons. The fraction of sp³-hybridized carbons (Fsp3) is 0.333.